The third kappa shape index (κ3) is 7.15. The van der Waals surface area contributed by atoms with Gasteiger partial charge in [-0.1, -0.05) is 38.1 Å². The van der Waals surface area contributed by atoms with Crippen molar-refractivity contribution < 1.29 is 4.74 Å². The minimum atomic E-state index is 0.786. The van der Waals surface area contributed by atoms with Gasteiger partial charge in [-0.05, 0) is 49.4 Å². The van der Waals surface area contributed by atoms with E-state index in [1.54, 1.807) is 0 Å². The summed E-state index contributed by atoms with van der Waals surface area (Å²) in [5, 5.41) is 3.56. The molecule has 1 aliphatic heterocycles. The zero-order valence-electron chi connectivity index (χ0n) is 17.7. The minimum absolute atomic E-state index is 0.786. The van der Waals surface area contributed by atoms with Crippen LogP contribution in [0.15, 0.2) is 29.3 Å². The Morgan fingerprint density at radius 3 is 2.44 bits per heavy atom. The molecular formula is C22H38N4O. The molecule has 1 saturated heterocycles. The minimum Gasteiger partial charge on any atom is -0.381 e. The Kier molecular flexibility index (Phi) is 9.64. The van der Waals surface area contributed by atoms with E-state index in [4.69, 9.17) is 4.74 Å². The fourth-order valence-electron chi connectivity index (χ4n) is 3.65. The Labute approximate surface area is 165 Å². The van der Waals surface area contributed by atoms with Gasteiger partial charge in [-0.2, -0.15) is 0 Å². The number of hydrogen-bond acceptors (Lipinski definition) is 3. The zero-order valence-corrected chi connectivity index (χ0v) is 17.7. The molecule has 1 aliphatic rings. The number of benzene rings is 1. The molecule has 0 bridgehead atoms. The fourth-order valence-corrected chi connectivity index (χ4v) is 3.65. The second-order valence-electron chi connectivity index (χ2n) is 7.40. The highest BCUT2D eigenvalue weighted by Crippen LogP contribution is 2.18. The molecule has 1 aromatic carbocycles. The Balaban J connectivity index is 1.87. The first-order valence-corrected chi connectivity index (χ1v) is 10.5. The van der Waals surface area contributed by atoms with Gasteiger partial charge in [0.15, 0.2) is 5.96 Å². The first kappa shape index (κ1) is 21.7. The van der Waals surface area contributed by atoms with Crippen LogP contribution < -0.4 is 5.32 Å². The first-order valence-electron chi connectivity index (χ1n) is 10.5. The molecule has 0 radical (unpaired) electrons. The van der Waals surface area contributed by atoms with E-state index in [2.05, 4.69) is 65.3 Å². The van der Waals surface area contributed by atoms with Crippen molar-refractivity contribution in [2.24, 2.45) is 10.9 Å². The van der Waals surface area contributed by atoms with Gasteiger partial charge in [-0.15, -0.1) is 0 Å². The second-order valence-corrected chi connectivity index (χ2v) is 7.40. The number of ether oxygens (including phenoxy) is 1. The monoisotopic (exact) mass is 374 g/mol. The van der Waals surface area contributed by atoms with Crippen molar-refractivity contribution >= 4 is 5.96 Å². The number of nitrogens with zero attached hydrogens (tertiary/aromatic N) is 3. The fraction of sp³-hybridized carbons (Fsp3) is 0.682. The summed E-state index contributed by atoms with van der Waals surface area (Å²) in [5.41, 5.74) is 2.75. The molecule has 0 unspecified atom stereocenters. The average molecular weight is 375 g/mol. The predicted octanol–water partition coefficient (Wildman–Crippen LogP) is 3.35. The van der Waals surface area contributed by atoms with Crippen molar-refractivity contribution in [1.82, 2.24) is 15.1 Å². The maximum absolute atomic E-state index is 5.46. The van der Waals surface area contributed by atoms with Gasteiger partial charge in [0.2, 0.25) is 0 Å². The SMILES string of the molecule is CCN(CC)Cc1ccccc1CNC(=NC)N(C)CCC1CCOCC1. The number of nitrogens with one attached hydrogen (secondary N) is 1. The van der Waals surface area contributed by atoms with Crippen LogP contribution in [0.2, 0.25) is 0 Å². The van der Waals surface area contributed by atoms with Crippen molar-refractivity contribution in [1.29, 1.82) is 0 Å². The highest BCUT2D eigenvalue weighted by molar-refractivity contribution is 5.79. The maximum atomic E-state index is 5.46. The topological polar surface area (TPSA) is 40.1 Å². The van der Waals surface area contributed by atoms with Crippen molar-refractivity contribution in [3.05, 3.63) is 35.4 Å². The van der Waals surface area contributed by atoms with Gasteiger partial charge in [-0.25, -0.2) is 0 Å². The van der Waals surface area contributed by atoms with Gasteiger partial charge in [0.05, 0.1) is 0 Å². The molecule has 1 N–H and O–H groups in total. The molecule has 5 nitrogen and oxygen atoms in total. The van der Waals surface area contributed by atoms with Crippen molar-refractivity contribution in [2.75, 3.05) is 46.9 Å². The van der Waals surface area contributed by atoms with Crippen LogP contribution >= 0.6 is 0 Å². The first-order chi connectivity index (χ1) is 13.2. The quantitative estimate of drug-likeness (QED) is 0.531. The lowest BCUT2D eigenvalue weighted by molar-refractivity contribution is 0.0625. The Morgan fingerprint density at radius 2 is 1.81 bits per heavy atom. The molecule has 0 aliphatic carbocycles. The van der Waals surface area contributed by atoms with Gasteiger partial charge in [0, 0.05) is 46.9 Å². The lowest BCUT2D eigenvalue weighted by Crippen LogP contribution is -2.40. The summed E-state index contributed by atoms with van der Waals surface area (Å²) in [6, 6.07) is 8.73. The standard InChI is InChI=1S/C22H38N4O/c1-5-26(6-2)18-21-10-8-7-9-20(21)17-24-22(23-3)25(4)14-11-19-12-15-27-16-13-19/h7-10,19H,5-6,11-18H2,1-4H3,(H,23,24). The summed E-state index contributed by atoms with van der Waals surface area (Å²) in [4.78, 5) is 9.19. The van der Waals surface area contributed by atoms with E-state index in [0.29, 0.717) is 0 Å². The molecule has 27 heavy (non-hydrogen) atoms. The molecule has 0 aromatic heterocycles. The van der Waals surface area contributed by atoms with E-state index in [0.717, 1.165) is 57.8 Å². The number of hydrogen-bond donors (Lipinski definition) is 1. The highest BCUT2D eigenvalue weighted by atomic mass is 16.5. The van der Waals surface area contributed by atoms with Crippen molar-refractivity contribution in [2.45, 2.75) is 46.2 Å². The molecule has 0 spiro atoms. The Hall–Kier alpha value is -1.59. The average Bonchev–Trinajstić information content (AvgIpc) is 2.72. The lowest BCUT2D eigenvalue weighted by Gasteiger charge is -2.27. The van der Waals surface area contributed by atoms with Crippen LogP contribution in [0.5, 0.6) is 0 Å². The molecule has 2 rings (SSSR count). The van der Waals surface area contributed by atoms with Crippen LogP contribution in [-0.4, -0.2) is 62.7 Å². The Morgan fingerprint density at radius 1 is 1.15 bits per heavy atom. The van der Waals surface area contributed by atoms with Gasteiger partial charge in [0.25, 0.3) is 0 Å². The van der Waals surface area contributed by atoms with Crippen LogP contribution in [-0.2, 0) is 17.8 Å². The lowest BCUT2D eigenvalue weighted by atomic mass is 9.96. The van der Waals surface area contributed by atoms with E-state index >= 15 is 0 Å². The predicted molar refractivity (Wildman–Crippen MR) is 114 cm³/mol. The molecule has 1 fully saturated rings. The molecule has 1 heterocycles. The van der Waals surface area contributed by atoms with E-state index in [1.807, 2.05) is 7.05 Å². The number of rotatable bonds is 9. The van der Waals surface area contributed by atoms with Crippen LogP contribution in [0.1, 0.15) is 44.2 Å². The van der Waals surface area contributed by atoms with Gasteiger partial charge in [-0.3, -0.25) is 9.89 Å². The Bertz CT molecular complexity index is 565. The summed E-state index contributed by atoms with van der Waals surface area (Å²) in [7, 11) is 4.01. The van der Waals surface area contributed by atoms with E-state index in [1.165, 1.54) is 30.4 Å². The summed E-state index contributed by atoms with van der Waals surface area (Å²) < 4.78 is 5.46. The maximum Gasteiger partial charge on any atom is 0.193 e. The highest BCUT2D eigenvalue weighted by Gasteiger charge is 2.15. The smallest absolute Gasteiger partial charge is 0.193 e. The largest absolute Gasteiger partial charge is 0.381 e. The molecule has 0 saturated carbocycles. The molecule has 0 atom stereocenters. The molecule has 152 valence electrons. The molecule has 1 aromatic rings. The molecular weight excluding hydrogens is 336 g/mol. The summed E-state index contributed by atoms with van der Waals surface area (Å²) in [6.07, 6.45) is 3.59. The van der Waals surface area contributed by atoms with Gasteiger partial charge < -0.3 is 15.0 Å². The van der Waals surface area contributed by atoms with E-state index in [-0.39, 0.29) is 0 Å². The third-order valence-corrected chi connectivity index (χ3v) is 5.63. The third-order valence-electron chi connectivity index (χ3n) is 5.63. The molecule has 5 heteroatoms. The normalized spacial score (nSPS) is 16.0. The second kappa shape index (κ2) is 12.0. The summed E-state index contributed by atoms with van der Waals surface area (Å²) in [6.45, 7) is 11.3. The molecule has 0 amide bonds. The van der Waals surface area contributed by atoms with Gasteiger partial charge >= 0.3 is 0 Å². The van der Waals surface area contributed by atoms with Crippen molar-refractivity contribution in [3.63, 3.8) is 0 Å². The van der Waals surface area contributed by atoms with E-state index in [9.17, 15) is 0 Å². The number of aliphatic imine (C=N–C) groups is 1. The number of guanidine groups is 1. The summed E-state index contributed by atoms with van der Waals surface area (Å²) >= 11 is 0. The van der Waals surface area contributed by atoms with Crippen LogP contribution in [0.3, 0.4) is 0 Å². The van der Waals surface area contributed by atoms with Crippen LogP contribution in [0.25, 0.3) is 0 Å². The van der Waals surface area contributed by atoms with Gasteiger partial charge in [0.1, 0.15) is 0 Å². The van der Waals surface area contributed by atoms with Crippen LogP contribution in [0.4, 0.5) is 0 Å². The van der Waals surface area contributed by atoms with Crippen LogP contribution in [0, 0.1) is 5.92 Å². The summed E-state index contributed by atoms with van der Waals surface area (Å²) in [5.74, 6) is 1.76. The van der Waals surface area contributed by atoms with E-state index < -0.39 is 0 Å². The zero-order chi connectivity index (χ0) is 19.5. The van der Waals surface area contributed by atoms with Crippen molar-refractivity contribution in [3.8, 4) is 0 Å².